The molecule has 1 aromatic carbocycles. The minimum atomic E-state index is -1.08. The fraction of sp³-hybridized carbons (Fsp3) is 0.250. The number of halogens is 1. The number of carbonyl (C=O) groups is 1. The zero-order valence-corrected chi connectivity index (χ0v) is 12.5. The average molecular weight is 303 g/mol. The fourth-order valence-corrected chi connectivity index (χ4v) is 1.96. The highest BCUT2D eigenvalue weighted by molar-refractivity contribution is 5.91. The standard InChI is InChI=1S/C16H18FN3O2/c1-11-12(9-19-20(11)2)7-8-16(22)18-10-15(21)13-5-3-4-6-14(13)17/h3-9,15,21H,10H2,1-2H3,(H,18,22)/b8-7+. The van der Waals surface area contributed by atoms with Gasteiger partial charge in [0.25, 0.3) is 0 Å². The molecule has 22 heavy (non-hydrogen) atoms. The summed E-state index contributed by atoms with van der Waals surface area (Å²) in [5, 5.41) is 16.5. The molecule has 0 saturated carbocycles. The number of aliphatic hydroxyl groups is 1. The first-order valence-corrected chi connectivity index (χ1v) is 6.86. The molecule has 1 heterocycles. The van der Waals surface area contributed by atoms with Crippen LogP contribution in [0.25, 0.3) is 6.08 Å². The molecule has 2 N–H and O–H groups in total. The first kappa shape index (κ1) is 15.9. The van der Waals surface area contributed by atoms with Crippen molar-refractivity contribution in [2.24, 2.45) is 7.05 Å². The summed E-state index contributed by atoms with van der Waals surface area (Å²) in [6.45, 7) is 1.84. The molecule has 0 fully saturated rings. The van der Waals surface area contributed by atoms with E-state index in [0.717, 1.165) is 11.3 Å². The first-order chi connectivity index (χ1) is 10.5. The van der Waals surface area contributed by atoms with Crippen LogP contribution in [0.15, 0.2) is 36.5 Å². The monoisotopic (exact) mass is 303 g/mol. The second kappa shape index (κ2) is 7.00. The van der Waals surface area contributed by atoms with Crippen molar-refractivity contribution in [2.75, 3.05) is 6.54 Å². The number of nitrogens with one attached hydrogen (secondary N) is 1. The van der Waals surface area contributed by atoms with Crippen molar-refractivity contribution in [2.45, 2.75) is 13.0 Å². The number of hydrogen-bond acceptors (Lipinski definition) is 3. The van der Waals surface area contributed by atoms with Crippen molar-refractivity contribution in [3.8, 4) is 0 Å². The van der Waals surface area contributed by atoms with E-state index in [1.807, 2.05) is 14.0 Å². The summed E-state index contributed by atoms with van der Waals surface area (Å²) >= 11 is 0. The quantitative estimate of drug-likeness (QED) is 0.827. The van der Waals surface area contributed by atoms with Crippen molar-refractivity contribution in [3.63, 3.8) is 0 Å². The largest absolute Gasteiger partial charge is 0.386 e. The molecule has 0 spiro atoms. The summed E-state index contributed by atoms with van der Waals surface area (Å²) in [5.41, 5.74) is 1.94. The van der Waals surface area contributed by atoms with Crippen LogP contribution in [0.2, 0.25) is 0 Å². The van der Waals surface area contributed by atoms with Crippen molar-refractivity contribution in [1.82, 2.24) is 15.1 Å². The Morgan fingerprint density at radius 1 is 1.50 bits per heavy atom. The molecular weight excluding hydrogens is 285 g/mol. The number of rotatable bonds is 5. The molecule has 5 nitrogen and oxygen atoms in total. The summed E-state index contributed by atoms with van der Waals surface area (Å²) in [4.78, 5) is 11.7. The Morgan fingerprint density at radius 2 is 2.23 bits per heavy atom. The lowest BCUT2D eigenvalue weighted by molar-refractivity contribution is -0.116. The number of aryl methyl sites for hydroxylation is 1. The summed E-state index contributed by atoms with van der Waals surface area (Å²) in [7, 11) is 1.82. The number of amides is 1. The van der Waals surface area contributed by atoms with Gasteiger partial charge in [0.15, 0.2) is 0 Å². The predicted octanol–water partition coefficient (Wildman–Crippen LogP) is 1.73. The van der Waals surface area contributed by atoms with E-state index in [1.54, 1.807) is 29.1 Å². The Morgan fingerprint density at radius 3 is 2.86 bits per heavy atom. The SMILES string of the molecule is Cc1c(/C=C/C(=O)NCC(O)c2ccccc2F)cnn1C. The van der Waals surface area contributed by atoms with E-state index in [1.165, 1.54) is 18.2 Å². The van der Waals surface area contributed by atoms with Crippen LogP contribution in [-0.2, 0) is 11.8 Å². The highest BCUT2D eigenvalue weighted by Crippen LogP contribution is 2.15. The molecule has 1 aromatic heterocycles. The van der Waals surface area contributed by atoms with Crippen LogP contribution in [0.1, 0.15) is 22.9 Å². The Balaban J connectivity index is 1.90. The van der Waals surface area contributed by atoms with Crippen LogP contribution >= 0.6 is 0 Å². The van der Waals surface area contributed by atoms with E-state index in [-0.39, 0.29) is 18.0 Å². The molecule has 0 aliphatic rings. The van der Waals surface area contributed by atoms with Crippen LogP contribution in [-0.4, -0.2) is 27.3 Å². The van der Waals surface area contributed by atoms with Crippen LogP contribution in [0.3, 0.4) is 0 Å². The van der Waals surface area contributed by atoms with E-state index in [4.69, 9.17) is 0 Å². The van der Waals surface area contributed by atoms with Gasteiger partial charge in [0.2, 0.25) is 5.91 Å². The third-order valence-electron chi connectivity index (χ3n) is 3.42. The van der Waals surface area contributed by atoms with Gasteiger partial charge in [0.05, 0.1) is 12.3 Å². The number of aliphatic hydroxyl groups excluding tert-OH is 1. The molecule has 0 radical (unpaired) electrons. The van der Waals surface area contributed by atoms with Crippen molar-refractivity contribution >= 4 is 12.0 Å². The molecule has 6 heteroatoms. The third kappa shape index (κ3) is 3.79. The second-order valence-electron chi connectivity index (χ2n) is 4.92. The molecule has 2 aromatic rings. The highest BCUT2D eigenvalue weighted by atomic mass is 19.1. The molecule has 2 rings (SSSR count). The maximum Gasteiger partial charge on any atom is 0.244 e. The maximum absolute atomic E-state index is 13.5. The van der Waals surface area contributed by atoms with Gasteiger partial charge in [-0.1, -0.05) is 18.2 Å². The molecule has 116 valence electrons. The zero-order chi connectivity index (χ0) is 16.1. The summed E-state index contributed by atoms with van der Waals surface area (Å²) in [6.07, 6.45) is 3.58. The van der Waals surface area contributed by atoms with Crippen LogP contribution in [0.5, 0.6) is 0 Å². The Labute approximate surface area is 128 Å². The number of hydrogen-bond donors (Lipinski definition) is 2. The van der Waals surface area contributed by atoms with E-state index in [9.17, 15) is 14.3 Å². The van der Waals surface area contributed by atoms with Gasteiger partial charge in [-0.3, -0.25) is 9.48 Å². The number of carbonyl (C=O) groups excluding carboxylic acids is 1. The molecule has 0 aliphatic carbocycles. The van der Waals surface area contributed by atoms with Gasteiger partial charge in [-0.05, 0) is 19.1 Å². The van der Waals surface area contributed by atoms with Crippen LogP contribution < -0.4 is 5.32 Å². The summed E-state index contributed by atoms with van der Waals surface area (Å²) in [5.74, 6) is -0.857. The third-order valence-corrected chi connectivity index (χ3v) is 3.42. The van der Waals surface area contributed by atoms with Crippen LogP contribution in [0.4, 0.5) is 4.39 Å². The molecular formula is C16H18FN3O2. The lowest BCUT2D eigenvalue weighted by Crippen LogP contribution is -2.27. The Hall–Kier alpha value is -2.47. The second-order valence-corrected chi connectivity index (χ2v) is 4.92. The van der Waals surface area contributed by atoms with Gasteiger partial charge >= 0.3 is 0 Å². The number of benzene rings is 1. The minimum absolute atomic E-state index is 0.0594. The Kier molecular flexibility index (Phi) is 5.06. The zero-order valence-electron chi connectivity index (χ0n) is 12.5. The molecule has 0 bridgehead atoms. The Bertz CT molecular complexity index is 694. The van der Waals surface area contributed by atoms with Gasteiger partial charge in [-0.2, -0.15) is 5.10 Å². The van der Waals surface area contributed by atoms with Crippen LogP contribution in [0, 0.1) is 12.7 Å². The van der Waals surface area contributed by atoms with Gasteiger partial charge in [-0.25, -0.2) is 4.39 Å². The fourth-order valence-electron chi connectivity index (χ4n) is 1.96. The lowest BCUT2D eigenvalue weighted by Gasteiger charge is -2.12. The first-order valence-electron chi connectivity index (χ1n) is 6.86. The topological polar surface area (TPSA) is 67.2 Å². The number of aromatic nitrogens is 2. The van der Waals surface area contributed by atoms with Gasteiger partial charge in [0, 0.05) is 36.5 Å². The maximum atomic E-state index is 13.5. The molecule has 1 unspecified atom stereocenters. The van der Waals surface area contributed by atoms with Crippen molar-refractivity contribution in [1.29, 1.82) is 0 Å². The highest BCUT2D eigenvalue weighted by Gasteiger charge is 2.12. The average Bonchev–Trinajstić information content (AvgIpc) is 2.82. The predicted molar refractivity (Wildman–Crippen MR) is 81.3 cm³/mol. The normalized spacial score (nSPS) is 12.5. The van der Waals surface area contributed by atoms with Gasteiger partial charge < -0.3 is 10.4 Å². The molecule has 1 amide bonds. The summed E-state index contributed by atoms with van der Waals surface area (Å²) < 4.78 is 15.2. The van der Waals surface area contributed by atoms with Crippen molar-refractivity contribution in [3.05, 3.63) is 59.2 Å². The van der Waals surface area contributed by atoms with Crippen molar-refractivity contribution < 1.29 is 14.3 Å². The number of nitrogens with zero attached hydrogens (tertiary/aromatic N) is 2. The van der Waals surface area contributed by atoms with E-state index in [0.29, 0.717) is 0 Å². The molecule has 1 atom stereocenters. The van der Waals surface area contributed by atoms with E-state index < -0.39 is 11.9 Å². The summed E-state index contributed by atoms with van der Waals surface area (Å²) in [6, 6.07) is 5.93. The van der Waals surface area contributed by atoms with E-state index in [2.05, 4.69) is 10.4 Å². The molecule has 0 aliphatic heterocycles. The van der Waals surface area contributed by atoms with Gasteiger partial charge in [0.1, 0.15) is 5.82 Å². The van der Waals surface area contributed by atoms with E-state index >= 15 is 0 Å². The van der Waals surface area contributed by atoms with Gasteiger partial charge in [-0.15, -0.1) is 0 Å². The molecule has 0 saturated heterocycles. The minimum Gasteiger partial charge on any atom is -0.386 e. The smallest absolute Gasteiger partial charge is 0.244 e. The lowest BCUT2D eigenvalue weighted by atomic mass is 10.1.